The van der Waals surface area contributed by atoms with E-state index < -0.39 is 10.9 Å². The lowest BCUT2D eigenvalue weighted by molar-refractivity contribution is 1.36. The maximum Gasteiger partial charge on any atom is 0.253 e. The van der Waals surface area contributed by atoms with E-state index in [0.717, 1.165) is 0 Å². The highest BCUT2D eigenvalue weighted by molar-refractivity contribution is 5.83. The average molecular weight is 294 g/mol. The van der Waals surface area contributed by atoms with Gasteiger partial charge in [-0.1, -0.05) is 12.1 Å². The van der Waals surface area contributed by atoms with Gasteiger partial charge in [-0.3, -0.25) is 9.59 Å². The molecule has 0 heterocycles. The van der Waals surface area contributed by atoms with Crippen LogP contribution >= 0.6 is 0 Å². The van der Waals surface area contributed by atoms with Crippen molar-refractivity contribution in [1.82, 2.24) is 0 Å². The molecule has 0 bridgehead atoms. The second-order valence-electron chi connectivity index (χ2n) is 4.91. The minimum atomic E-state index is -0.561. The van der Waals surface area contributed by atoms with Gasteiger partial charge in [-0.05, 0) is 36.4 Å². The van der Waals surface area contributed by atoms with Crippen molar-refractivity contribution >= 4 is 34.1 Å². The summed E-state index contributed by atoms with van der Waals surface area (Å²) in [5.41, 5.74) is 13.1. The number of anilines is 6. The van der Waals surface area contributed by atoms with Crippen molar-refractivity contribution in [2.45, 2.75) is 0 Å². The molecule has 0 fully saturated rings. The molecule has 22 heavy (non-hydrogen) atoms. The molecule has 6 heteroatoms. The van der Waals surface area contributed by atoms with Gasteiger partial charge in [-0.2, -0.15) is 0 Å². The van der Waals surface area contributed by atoms with E-state index in [1.807, 2.05) is 0 Å². The predicted octanol–water partition coefficient (Wildman–Crippen LogP) is 1.93. The highest BCUT2D eigenvalue weighted by Gasteiger charge is 2.21. The number of rotatable bonds is 4. The maximum absolute atomic E-state index is 11.8. The number of nitrogens with two attached hydrogens (primary N) is 2. The van der Waals surface area contributed by atoms with Crippen molar-refractivity contribution < 1.29 is 0 Å². The lowest BCUT2D eigenvalue weighted by atomic mass is 10.1. The van der Waals surface area contributed by atoms with Crippen molar-refractivity contribution in [3.05, 3.63) is 69.0 Å². The van der Waals surface area contributed by atoms with Crippen LogP contribution in [0.2, 0.25) is 0 Å². The van der Waals surface area contributed by atoms with Crippen LogP contribution in [0.25, 0.3) is 0 Å². The van der Waals surface area contributed by atoms with Crippen LogP contribution in [0.1, 0.15) is 0 Å². The molecule has 0 atom stereocenters. The number of hydrogen-bond donors (Lipinski definition) is 4. The van der Waals surface area contributed by atoms with Gasteiger partial charge in [0.1, 0.15) is 11.4 Å². The first-order chi connectivity index (χ1) is 10.5. The predicted molar refractivity (Wildman–Crippen MR) is 89.6 cm³/mol. The molecule has 110 valence electrons. The summed E-state index contributed by atoms with van der Waals surface area (Å²) in [6.45, 7) is 0. The quantitative estimate of drug-likeness (QED) is 0.432. The van der Waals surface area contributed by atoms with Crippen LogP contribution in [0.5, 0.6) is 0 Å². The third-order valence-electron chi connectivity index (χ3n) is 3.22. The molecule has 0 spiro atoms. The van der Waals surface area contributed by atoms with Crippen molar-refractivity contribution in [3.63, 3.8) is 0 Å². The lowest BCUT2D eigenvalue weighted by Crippen LogP contribution is -2.35. The highest BCUT2D eigenvalue weighted by Crippen LogP contribution is 2.25. The number of nitrogen functional groups attached to an aromatic ring is 2. The first-order valence-electron chi connectivity index (χ1n) is 6.63. The van der Waals surface area contributed by atoms with Gasteiger partial charge in [0, 0.05) is 22.7 Å². The SMILES string of the molecule is Nc1cccc(Nc2c(Nc3cccc(N)c3)c(=O)c2=O)c1. The third-order valence-corrected chi connectivity index (χ3v) is 3.22. The highest BCUT2D eigenvalue weighted by atomic mass is 16.2. The Bertz CT molecular complexity index is 835. The molecule has 3 aromatic rings. The zero-order valence-corrected chi connectivity index (χ0v) is 11.6. The Morgan fingerprint density at radius 2 is 1.09 bits per heavy atom. The van der Waals surface area contributed by atoms with Crippen molar-refractivity contribution in [2.75, 3.05) is 22.1 Å². The Morgan fingerprint density at radius 1 is 0.682 bits per heavy atom. The molecule has 6 nitrogen and oxygen atoms in total. The van der Waals surface area contributed by atoms with E-state index in [1.54, 1.807) is 48.5 Å². The summed E-state index contributed by atoms with van der Waals surface area (Å²) < 4.78 is 0. The fraction of sp³-hybridized carbons (Fsp3) is 0. The van der Waals surface area contributed by atoms with Gasteiger partial charge < -0.3 is 22.1 Å². The number of benzene rings is 2. The second-order valence-corrected chi connectivity index (χ2v) is 4.91. The third kappa shape index (κ3) is 2.49. The van der Waals surface area contributed by atoms with Crippen LogP contribution in [0.4, 0.5) is 34.1 Å². The summed E-state index contributed by atoms with van der Waals surface area (Å²) in [6, 6.07) is 13.9. The number of nitrogens with one attached hydrogen (secondary N) is 2. The summed E-state index contributed by atoms with van der Waals surface area (Å²) >= 11 is 0. The van der Waals surface area contributed by atoms with Gasteiger partial charge in [-0.25, -0.2) is 0 Å². The second kappa shape index (κ2) is 5.25. The van der Waals surface area contributed by atoms with Gasteiger partial charge in [0.15, 0.2) is 0 Å². The fourth-order valence-corrected chi connectivity index (χ4v) is 2.15. The number of hydrogen-bond acceptors (Lipinski definition) is 6. The fourth-order valence-electron chi connectivity index (χ4n) is 2.15. The zero-order valence-electron chi connectivity index (χ0n) is 11.6. The van der Waals surface area contributed by atoms with Gasteiger partial charge in [0.2, 0.25) is 0 Å². The standard InChI is InChI=1S/C16H14N4O2/c17-9-3-1-5-11(7-9)19-13-14(16(22)15(13)21)20-12-6-2-4-10(18)8-12/h1-8,19-20H,17-18H2. The molecule has 3 aromatic carbocycles. The Morgan fingerprint density at radius 3 is 1.45 bits per heavy atom. The summed E-state index contributed by atoms with van der Waals surface area (Å²) in [4.78, 5) is 23.5. The summed E-state index contributed by atoms with van der Waals surface area (Å²) in [6.07, 6.45) is 0. The largest absolute Gasteiger partial charge is 0.399 e. The van der Waals surface area contributed by atoms with Crippen molar-refractivity contribution in [3.8, 4) is 0 Å². The Hall–Kier alpha value is -3.28. The van der Waals surface area contributed by atoms with Crippen molar-refractivity contribution in [2.24, 2.45) is 0 Å². The molecule has 6 N–H and O–H groups in total. The molecule has 0 saturated heterocycles. The summed E-state index contributed by atoms with van der Waals surface area (Å²) in [5.74, 6) is 0. The monoisotopic (exact) mass is 294 g/mol. The Labute approximate surface area is 126 Å². The molecule has 0 aromatic heterocycles. The maximum atomic E-state index is 11.8. The first kappa shape index (κ1) is 13.7. The lowest BCUT2D eigenvalue weighted by Gasteiger charge is -2.15. The van der Waals surface area contributed by atoms with E-state index in [1.165, 1.54) is 0 Å². The molecule has 0 aliphatic rings. The topological polar surface area (TPSA) is 110 Å². The van der Waals surface area contributed by atoms with E-state index in [2.05, 4.69) is 10.6 Å². The molecule has 0 saturated carbocycles. The molecule has 0 unspecified atom stereocenters. The normalized spacial score (nSPS) is 10.5. The minimum Gasteiger partial charge on any atom is -0.399 e. The van der Waals surface area contributed by atoms with Crippen LogP contribution in [0.15, 0.2) is 58.1 Å². The minimum absolute atomic E-state index is 0.220. The molecule has 0 aliphatic heterocycles. The average Bonchev–Trinajstić information content (AvgIpc) is 2.50. The van der Waals surface area contributed by atoms with Crippen LogP contribution in [0, 0.1) is 0 Å². The van der Waals surface area contributed by atoms with E-state index in [4.69, 9.17) is 11.5 Å². The molecule has 0 amide bonds. The van der Waals surface area contributed by atoms with E-state index >= 15 is 0 Å². The molecule has 3 rings (SSSR count). The van der Waals surface area contributed by atoms with Crippen molar-refractivity contribution in [1.29, 1.82) is 0 Å². The van der Waals surface area contributed by atoms with E-state index in [9.17, 15) is 9.59 Å². The van der Waals surface area contributed by atoms with Gasteiger partial charge >= 0.3 is 0 Å². The molecular formula is C16H14N4O2. The van der Waals surface area contributed by atoms with Crippen LogP contribution in [0.3, 0.4) is 0 Å². The van der Waals surface area contributed by atoms with Gasteiger partial charge in [0.05, 0.1) is 0 Å². The van der Waals surface area contributed by atoms with Gasteiger partial charge in [0.25, 0.3) is 10.9 Å². The van der Waals surface area contributed by atoms with E-state index in [-0.39, 0.29) is 11.4 Å². The van der Waals surface area contributed by atoms with Gasteiger partial charge in [-0.15, -0.1) is 0 Å². The van der Waals surface area contributed by atoms with Crippen LogP contribution < -0.4 is 33.0 Å². The molecular weight excluding hydrogens is 280 g/mol. The Balaban J connectivity index is 1.89. The van der Waals surface area contributed by atoms with E-state index in [0.29, 0.717) is 22.7 Å². The first-order valence-corrected chi connectivity index (χ1v) is 6.63. The summed E-state index contributed by atoms with van der Waals surface area (Å²) in [5, 5.41) is 5.84. The van der Waals surface area contributed by atoms with Crippen LogP contribution in [-0.4, -0.2) is 0 Å². The summed E-state index contributed by atoms with van der Waals surface area (Å²) in [7, 11) is 0. The smallest absolute Gasteiger partial charge is 0.253 e. The molecule has 0 aliphatic carbocycles. The Kier molecular flexibility index (Phi) is 3.27. The van der Waals surface area contributed by atoms with Crippen LogP contribution in [-0.2, 0) is 0 Å². The zero-order chi connectivity index (χ0) is 15.7. The molecule has 0 radical (unpaired) electrons.